The quantitative estimate of drug-likeness (QED) is 0.308. The van der Waals surface area contributed by atoms with Crippen molar-refractivity contribution >= 4 is 27.5 Å². The van der Waals surface area contributed by atoms with Gasteiger partial charge in [-0.25, -0.2) is 9.50 Å². The third-order valence-electron chi connectivity index (χ3n) is 7.51. The van der Waals surface area contributed by atoms with Crippen molar-refractivity contribution in [3.05, 3.63) is 81.6 Å². The Morgan fingerprint density at radius 2 is 1.93 bits per heavy atom. The summed E-state index contributed by atoms with van der Waals surface area (Å²) in [7, 11) is 1.50. The molecule has 0 aliphatic carbocycles. The van der Waals surface area contributed by atoms with Gasteiger partial charge >= 0.3 is 6.18 Å². The fourth-order valence-corrected chi connectivity index (χ4v) is 5.88. The predicted molar refractivity (Wildman–Crippen MR) is 151 cm³/mol. The molecule has 0 unspecified atom stereocenters. The summed E-state index contributed by atoms with van der Waals surface area (Å²) < 4.78 is 49.7. The molecule has 2 atom stereocenters. The first-order valence-corrected chi connectivity index (χ1v) is 13.8. The number of aliphatic hydroxyl groups excluding tert-OH is 1. The van der Waals surface area contributed by atoms with Crippen molar-refractivity contribution < 1.29 is 27.8 Å². The summed E-state index contributed by atoms with van der Waals surface area (Å²) in [6, 6.07) is 13.7. The highest BCUT2D eigenvalue weighted by Crippen LogP contribution is 2.37. The smallest absolute Gasteiger partial charge is 0.433 e. The maximum absolute atomic E-state index is 14.3. The summed E-state index contributed by atoms with van der Waals surface area (Å²) >= 11 is 3.47. The average Bonchev–Trinajstić information content (AvgIpc) is 3.35. The van der Waals surface area contributed by atoms with Gasteiger partial charge in [-0.2, -0.15) is 18.3 Å². The van der Waals surface area contributed by atoms with Crippen molar-refractivity contribution in [3.8, 4) is 17.0 Å². The number of aliphatic hydroxyl groups is 1. The van der Waals surface area contributed by atoms with Crippen LogP contribution in [0.3, 0.4) is 0 Å². The van der Waals surface area contributed by atoms with E-state index in [1.807, 2.05) is 31.2 Å². The van der Waals surface area contributed by atoms with E-state index in [0.29, 0.717) is 35.5 Å². The first-order valence-electron chi connectivity index (χ1n) is 13.0. The van der Waals surface area contributed by atoms with Crippen LogP contribution in [0.1, 0.15) is 40.1 Å². The Bertz CT molecular complexity index is 1570. The fraction of sp³-hybridized carbons (Fsp3) is 0.345. The molecule has 4 aromatic rings. The van der Waals surface area contributed by atoms with Gasteiger partial charge in [0.1, 0.15) is 11.3 Å². The number of fused-ring (bicyclic) bond motifs is 1. The molecule has 216 valence electrons. The number of nitrogens with zero attached hydrogens (tertiary/aromatic N) is 5. The minimum absolute atomic E-state index is 0.00346. The van der Waals surface area contributed by atoms with Crippen LogP contribution in [0.2, 0.25) is 0 Å². The van der Waals surface area contributed by atoms with Gasteiger partial charge in [-0.15, -0.1) is 0 Å². The Kier molecular flexibility index (Phi) is 8.09. The number of piperazine rings is 1. The maximum atomic E-state index is 14.3. The second-order valence-electron chi connectivity index (χ2n) is 10.0. The highest BCUT2D eigenvalue weighted by Gasteiger charge is 2.39. The molecule has 1 saturated heterocycles. The minimum Gasteiger partial charge on any atom is -0.497 e. The average molecular weight is 632 g/mol. The number of ether oxygens (including phenoxy) is 1. The normalized spacial score (nSPS) is 17.2. The van der Waals surface area contributed by atoms with Crippen LogP contribution in [-0.4, -0.2) is 74.8 Å². The Morgan fingerprint density at radius 3 is 2.54 bits per heavy atom. The summed E-state index contributed by atoms with van der Waals surface area (Å²) in [4.78, 5) is 22.1. The van der Waals surface area contributed by atoms with E-state index < -0.39 is 17.8 Å². The van der Waals surface area contributed by atoms with Crippen molar-refractivity contribution in [2.45, 2.75) is 32.1 Å². The van der Waals surface area contributed by atoms with Gasteiger partial charge in [0.25, 0.3) is 5.91 Å². The number of carbonyl (C=O) groups is 1. The molecule has 1 aliphatic rings. The van der Waals surface area contributed by atoms with Gasteiger partial charge in [-0.1, -0.05) is 28.1 Å². The van der Waals surface area contributed by atoms with Gasteiger partial charge in [0.05, 0.1) is 31.6 Å². The van der Waals surface area contributed by atoms with E-state index >= 15 is 0 Å². The van der Waals surface area contributed by atoms with E-state index in [2.05, 4.69) is 30.9 Å². The highest BCUT2D eigenvalue weighted by atomic mass is 79.9. The molecule has 1 fully saturated rings. The monoisotopic (exact) mass is 631 g/mol. The van der Waals surface area contributed by atoms with Crippen molar-refractivity contribution in [3.63, 3.8) is 0 Å². The third-order valence-corrected chi connectivity index (χ3v) is 8.01. The lowest BCUT2D eigenvalue weighted by molar-refractivity contribution is -0.143. The van der Waals surface area contributed by atoms with Crippen molar-refractivity contribution in [2.24, 2.45) is 0 Å². The maximum Gasteiger partial charge on any atom is 0.433 e. The molecule has 5 rings (SSSR count). The van der Waals surface area contributed by atoms with E-state index in [1.165, 1.54) is 14.0 Å². The topological polar surface area (TPSA) is 83.2 Å². The first kappa shape index (κ1) is 29.0. The van der Waals surface area contributed by atoms with E-state index in [0.717, 1.165) is 16.2 Å². The molecule has 12 heteroatoms. The minimum atomic E-state index is -4.73. The van der Waals surface area contributed by atoms with Gasteiger partial charge < -0.3 is 14.7 Å². The van der Waals surface area contributed by atoms with Gasteiger partial charge in [0, 0.05) is 41.3 Å². The number of hydrogen-bond acceptors (Lipinski definition) is 6. The number of rotatable bonds is 6. The van der Waals surface area contributed by atoms with E-state index in [4.69, 9.17) is 4.74 Å². The zero-order valence-corrected chi connectivity index (χ0v) is 24.3. The Morgan fingerprint density at radius 1 is 1.20 bits per heavy atom. The zero-order valence-electron chi connectivity index (χ0n) is 22.7. The Labute approximate surface area is 243 Å². The van der Waals surface area contributed by atoms with Crippen LogP contribution in [0.15, 0.2) is 59.2 Å². The van der Waals surface area contributed by atoms with Crippen molar-refractivity contribution in [2.75, 3.05) is 33.4 Å². The largest absolute Gasteiger partial charge is 0.497 e. The lowest BCUT2D eigenvalue weighted by atomic mass is 10.0. The molecule has 1 N–H and O–H groups in total. The summed E-state index contributed by atoms with van der Waals surface area (Å²) in [5.74, 6) is 0.112. The van der Waals surface area contributed by atoms with Crippen LogP contribution in [0.4, 0.5) is 13.2 Å². The molecule has 2 aromatic carbocycles. The number of alkyl halides is 3. The second-order valence-corrected chi connectivity index (χ2v) is 11.0. The number of hydrogen-bond donors (Lipinski definition) is 1. The van der Waals surface area contributed by atoms with E-state index in [1.54, 1.807) is 29.2 Å². The number of benzene rings is 2. The highest BCUT2D eigenvalue weighted by molar-refractivity contribution is 9.10. The number of halogens is 4. The molecule has 1 amide bonds. The van der Waals surface area contributed by atoms with Gasteiger partial charge in [-0.3, -0.25) is 9.69 Å². The standard InChI is InChI=1S/C29H29BrF3N5O3/c1-17-15-36(24(16-39)20-5-4-6-21(30)13-20)11-12-37(17)28(40)23-14-34-38-26(29(31,32)33)18(2)25(35-27(23)38)19-7-9-22(41-3)10-8-19/h4-10,13-14,17,24,39H,11-12,15-16H2,1-3H3/t17-,24-/m1/s1. The molecule has 8 nitrogen and oxygen atoms in total. The third kappa shape index (κ3) is 5.55. The van der Waals surface area contributed by atoms with Crippen LogP contribution in [-0.2, 0) is 6.18 Å². The molecule has 2 aromatic heterocycles. The van der Waals surface area contributed by atoms with Crippen LogP contribution in [0.5, 0.6) is 5.75 Å². The summed E-state index contributed by atoms with van der Waals surface area (Å²) in [6.45, 7) is 4.41. The van der Waals surface area contributed by atoms with Gasteiger partial charge in [-0.05, 0) is 55.8 Å². The second kappa shape index (κ2) is 11.4. The van der Waals surface area contributed by atoms with Crippen molar-refractivity contribution in [1.29, 1.82) is 0 Å². The van der Waals surface area contributed by atoms with Crippen LogP contribution >= 0.6 is 15.9 Å². The molecule has 3 heterocycles. The molecular formula is C29H29BrF3N5O3. The molecule has 0 radical (unpaired) electrons. The van der Waals surface area contributed by atoms with Crippen LogP contribution < -0.4 is 4.74 Å². The summed E-state index contributed by atoms with van der Waals surface area (Å²) in [5.41, 5.74) is 0.279. The summed E-state index contributed by atoms with van der Waals surface area (Å²) in [6.07, 6.45) is -3.57. The van der Waals surface area contributed by atoms with Gasteiger partial charge in [0.2, 0.25) is 0 Å². The molecular weight excluding hydrogens is 603 g/mol. The lowest BCUT2D eigenvalue weighted by Crippen LogP contribution is -2.55. The SMILES string of the molecule is COc1ccc(-c2nc3c(C(=O)N4CCN([C@H](CO)c5cccc(Br)c5)C[C@H]4C)cnn3c(C(F)(F)F)c2C)cc1. The first-order chi connectivity index (χ1) is 19.5. The number of carbonyl (C=O) groups excluding carboxylic acids is 1. The molecule has 0 bridgehead atoms. The van der Waals surface area contributed by atoms with Crippen molar-refractivity contribution in [1.82, 2.24) is 24.4 Å². The van der Waals surface area contributed by atoms with Gasteiger partial charge in [0.15, 0.2) is 11.3 Å². The number of aromatic nitrogens is 3. The Hall–Kier alpha value is -3.48. The zero-order chi connectivity index (χ0) is 29.5. The van der Waals surface area contributed by atoms with E-state index in [9.17, 15) is 23.1 Å². The number of methoxy groups -OCH3 is 1. The van der Waals surface area contributed by atoms with Crippen LogP contribution in [0, 0.1) is 6.92 Å². The predicted octanol–water partition coefficient (Wildman–Crippen LogP) is 5.37. The molecule has 1 aliphatic heterocycles. The van der Waals surface area contributed by atoms with E-state index in [-0.39, 0.29) is 41.2 Å². The molecule has 0 spiro atoms. The molecule has 41 heavy (non-hydrogen) atoms. The Balaban J connectivity index is 1.49. The van der Waals surface area contributed by atoms with Crippen LogP contribution in [0.25, 0.3) is 16.9 Å². The number of amides is 1. The molecule has 0 saturated carbocycles. The lowest BCUT2D eigenvalue weighted by Gasteiger charge is -2.43. The fourth-order valence-electron chi connectivity index (χ4n) is 5.46. The summed E-state index contributed by atoms with van der Waals surface area (Å²) in [5, 5.41) is 14.1.